The van der Waals surface area contributed by atoms with Gasteiger partial charge in [0.2, 0.25) is 0 Å². The van der Waals surface area contributed by atoms with Gasteiger partial charge in [-0.05, 0) is 36.2 Å². The quantitative estimate of drug-likeness (QED) is 0.851. The van der Waals surface area contributed by atoms with E-state index in [-0.39, 0.29) is 6.61 Å². The van der Waals surface area contributed by atoms with E-state index in [4.69, 9.17) is 9.84 Å². The minimum absolute atomic E-state index is 0.104. The predicted molar refractivity (Wildman–Crippen MR) is 85.4 cm³/mol. The van der Waals surface area contributed by atoms with Gasteiger partial charge in [0.15, 0.2) is 0 Å². The molecule has 0 aliphatic rings. The maximum Gasteiger partial charge on any atom is 0.119 e. The number of benzene rings is 2. The van der Waals surface area contributed by atoms with Crippen molar-refractivity contribution in [2.75, 3.05) is 13.2 Å². The molecule has 0 aliphatic heterocycles. The second kappa shape index (κ2) is 8.14. The molecule has 2 aromatic rings. The van der Waals surface area contributed by atoms with E-state index >= 15 is 0 Å². The van der Waals surface area contributed by atoms with E-state index in [1.165, 1.54) is 5.56 Å². The fraction of sp³-hybridized carbons (Fsp3) is 0.263. The van der Waals surface area contributed by atoms with Crippen molar-refractivity contribution in [2.24, 2.45) is 0 Å². The Balaban J connectivity index is 1.90. The van der Waals surface area contributed by atoms with Crippen LogP contribution in [0.3, 0.4) is 0 Å². The van der Waals surface area contributed by atoms with Crippen LogP contribution in [0.15, 0.2) is 48.5 Å². The molecule has 0 heterocycles. The van der Waals surface area contributed by atoms with Gasteiger partial charge < -0.3 is 9.84 Å². The lowest BCUT2D eigenvalue weighted by atomic mass is 10.1. The third-order valence-electron chi connectivity index (χ3n) is 3.16. The standard InChI is InChI=1S/C19H20O2/c1-16-15-19(11-10-18(16)9-5-6-13-20)21-14-12-17-7-3-2-4-8-17/h2-4,7-8,10-11,15,20H,6,12-14H2,1H3. The zero-order chi connectivity index (χ0) is 14.9. The zero-order valence-electron chi connectivity index (χ0n) is 12.3. The first-order valence-corrected chi connectivity index (χ1v) is 7.16. The molecule has 21 heavy (non-hydrogen) atoms. The van der Waals surface area contributed by atoms with Gasteiger partial charge in [0.25, 0.3) is 0 Å². The summed E-state index contributed by atoms with van der Waals surface area (Å²) in [7, 11) is 0. The second-order valence-corrected chi connectivity index (χ2v) is 4.84. The summed E-state index contributed by atoms with van der Waals surface area (Å²) in [6.07, 6.45) is 1.41. The van der Waals surface area contributed by atoms with Crippen molar-refractivity contribution in [1.29, 1.82) is 0 Å². The largest absolute Gasteiger partial charge is 0.493 e. The van der Waals surface area contributed by atoms with Gasteiger partial charge in [-0.25, -0.2) is 0 Å². The van der Waals surface area contributed by atoms with Gasteiger partial charge in [0.05, 0.1) is 13.2 Å². The van der Waals surface area contributed by atoms with Crippen molar-refractivity contribution >= 4 is 0 Å². The van der Waals surface area contributed by atoms with Crippen molar-refractivity contribution in [1.82, 2.24) is 0 Å². The first kappa shape index (κ1) is 15.2. The Labute approximate surface area is 126 Å². The monoisotopic (exact) mass is 280 g/mol. The summed E-state index contributed by atoms with van der Waals surface area (Å²) in [6, 6.07) is 16.2. The Morgan fingerprint density at radius 1 is 1.10 bits per heavy atom. The smallest absolute Gasteiger partial charge is 0.119 e. The molecule has 2 aromatic carbocycles. The Bertz CT molecular complexity index is 621. The minimum Gasteiger partial charge on any atom is -0.493 e. The number of aliphatic hydroxyl groups is 1. The van der Waals surface area contributed by atoms with Gasteiger partial charge in [0, 0.05) is 18.4 Å². The van der Waals surface area contributed by atoms with Gasteiger partial charge in [-0.15, -0.1) is 0 Å². The molecule has 0 saturated carbocycles. The third-order valence-corrected chi connectivity index (χ3v) is 3.16. The summed E-state index contributed by atoms with van der Waals surface area (Å²) < 4.78 is 5.78. The van der Waals surface area contributed by atoms with E-state index in [1.807, 2.05) is 43.3 Å². The molecule has 0 spiro atoms. The maximum atomic E-state index is 8.73. The number of rotatable bonds is 5. The van der Waals surface area contributed by atoms with Crippen LogP contribution in [0.1, 0.15) is 23.1 Å². The Morgan fingerprint density at radius 2 is 1.90 bits per heavy atom. The molecule has 0 atom stereocenters. The molecule has 0 unspecified atom stereocenters. The molecule has 0 saturated heterocycles. The van der Waals surface area contributed by atoms with Crippen molar-refractivity contribution < 1.29 is 9.84 Å². The fourth-order valence-corrected chi connectivity index (χ4v) is 2.01. The summed E-state index contributed by atoms with van der Waals surface area (Å²) in [4.78, 5) is 0. The molecule has 108 valence electrons. The second-order valence-electron chi connectivity index (χ2n) is 4.84. The molecule has 0 amide bonds. The van der Waals surface area contributed by atoms with E-state index in [2.05, 4.69) is 24.0 Å². The van der Waals surface area contributed by atoms with E-state index in [1.54, 1.807) is 0 Å². The van der Waals surface area contributed by atoms with Crippen LogP contribution in [-0.2, 0) is 6.42 Å². The molecule has 0 aromatic heterocycles. The van der Waals surface area contributed by atoms with Crippen LogP contribution in [0.25, 0.3) is 0 Å². The molecule has 2 rings (SSSR count). The van der Waals surface area contributed by atoms with Gasteiger partial charge >= 0.3 is 0 Å². The lowest BCUT2D eigenvalue weighted by molar-refractivity contribution is 0.305. The fourth-order valence-electron chi connectivity index (χ4n) is 2.01. The first-order chi connectivity index (χ1) is 10.3. The van der Waals surface area contributed by atoms with Crippen LogP contribution < -0.4 is 4.74 Å². The van der Waals surface area contributed by atoms with E-state index < -0.39 is 0 Å². The predicted octanol–water partition coefficient (Wildman–Crippen LogP) is 3.35. The molecular weight excluding hydrogens is 260 g/mol. The van der Waals surface area contributed by atoms with Crippen LogP contribution >= 0.6 is 0 Å². The highest BCUT2D eigenvalue weighted by atomic mass is 16.5. The molecule has 2 nitrogen and oxygen atoms in total. The average molecular weight is 280 g/mol. The van der Waals surface area contributed by atoms with E-state index in [9.17, 15) is 0 Å². The lowest BCUT2D eigenvalue weighted by Crippen LogP contribution is -2.01. The number of hydrogen-bond donors (Lipinski definition) is 1. The van der Waals surface area contributed by atoms with Gasteiger partial charge in [-0.1, -0.05) is 42.2 Å². The normalized spacial score (nSPS) is 9.81. The summed E-state index contributed by atoms with van der Waals surface area (Å²) in [5.41, 5.74) is 3.36. The highest BCUT2D eigenvalue weighted by Gasteiger charge is 1.99. The number of ether oxygens (including phenoxy) is 1. The summed E-state index contributed by atoms with van der Waals surface area (Å²) in [5, 5.41) is 8.73. The molecule has 1 N–H and O–H groups in total. The number of aliphatic hydroxyl groups excluding tert-OH is 1. The molecular formula is C19H20O2. The summed E-state index contributed by atoms with van der Waals surface area (Å²) in [6.45, 7) is 2.79. The molecule has 0 bridgehead atoms. The summed E-state index contributed by atoms with van der Waals surface area (Å²) in [5.74, 6) is 6.86. The van der Waals surface area contributed by atoms with Crippen LogP contribution in [0.4, 0.5) is 0 Å². The third kappa shape index (κ3) is 4.98. The van der Waals surface area contributed by atoms with Crippen molar-refractivity contribution in [3.63, 3.8) is 0 Å². The van der Waals surface area contributed by atoms with Crippen molar-refractivity contribution in [3.05, 3.63) is 65.2 Å². The number of hydrogen-bond acceptors (Lipinski definition) is 2. The van der Waals surface area contributed by atoms with Crippen LogP contribution in [-0.4, -0.2) is 18.3 Å². The topological polar surface area (TPSA) is 29.5 Å². The summed E-state index contributed by atoms with van der Waals surface area (Å²) >= 11 is 0. The number of aryl methyl sites for hydroxylation is 1. The van der Waals surface area contributed by atoms with E-state index in [0.29, 0.717) is 13.0 Å². The minimum atomic E-state index is 0.104. The Morgan fingerprint density at radius 3 is 2.62 bits per heavy atom. The van der Waals surface area contributed by atoms with Gasteiger partial charge in [-0.3, -0.25) is 0 Å². The van der Waals surface area contributed by atoms with Crippen LogP contribution in [0, 0.1) is 18.8 Å². The zero-order valence-corrected chi connectivity index (χ0v) is 12.3. The Kier molecular flexibility index (Phi) is 5.87. The Hall–Kier alpha value is -2.24. The van der Waals surface area contributed by atoms with Crippen molar-refractivity contribution in [2.45, 2.75) is 19.8 Å². The molecule has 0 fully saturated rings. The molecule has 0 aliphatic carbocycles. The molecule has 2 heteroatoms. The van der Waals surface area contributed by atoms with Crippen molar-refractivity contribution in [3.8, 4) is 17.6 Å². The molecule has 0 radical (unpaired) electrons. The van der Waals surface area contributed by atoms with E-state index in [0.717, 1.165) is 23.3 Å². The lowest BCUT2D eigenvalue weighted by Gasteiger charge is -2.08. The first-order valence-electron chi connectivity index (χ1n) is 7.16. The highest BCUT2D eigenvalue weighted by molar-refractivity contribution is 5.44. The average Bonchev–Trinajstić information content (AvgIpc) is 2.51. The van der Waals surface area contributed by atoms with Crippen LogP contribution in [0.2, 0.25) is 0 Å². The SMILES string of the molecule is Cc1cc(OCCc2ccccc2)ccc1C#CCCO. The highest BCUT2D eigenvalue weighted by Crippen LogP contribution is 2.17. The van der Waals surface area contributed by atoms with Gasteiger partial charge in [-0.2, -0.15) is 0 Å². The van der Waals surface area contributed by atoms with Gasteiger partial charge in [0.1, 0.15) is 5.75 Å². The van der Waals surface area contributed by atoms with Crippen LogP contribution in [0.5, 0.6) is 5.75 Å². The maximum absolute atomic E-state index is 8.73.